The molecule has 8 heteroatoms. The Morgan fingerprint density at radius 1 is 1.00 bits per heavy atom. The largest absolute Gasteiger partial charge is 0.444 e. The minimum absolute atomic E-state index is 0. The lowest BCUT2D eigenvalue weighted by Gasteiger charge is -2.19. The maximum atomic E-state index is 11.8. The minimum Gasteiger partial charge on any atom is -0.444 e. The third-order valence-electron chi connectivity index (χ3n) is 4.39. The van der Waals surface area contributed by atoms with Crippen LogP contribution >= 0.6 is 24.0 Å². The Morgan fingerprint density at radius 3 is 2.25 bits per heavy atom. The summed E-state index contributed by atoms with van der Waals surface area (Å²) in [7, 11) is 3.46. The van der Waals surface area contributed by atoms with Gasteiger partial charge in [-0.3, -0.25) is 10.3 Å². The second-order valence-electron chi connectivity index (χ2n) is 8.13. The average Bonchev–Trinajstić information content (AvgIpc) is 2.71. The molecule has 0 unspecified atom stereocenters. The molecule has 0 fully saturated rings. The normalized spacial score (nSPS) is 11.3. The van der Waals surface area contributed by atoms with E-state index in [1.54, 1.807) is 14.2 Å². The lowest BCUT2D eigenvalue weighted by molar-refractivity contribution is 0.0636. The molecule has 0 saturated carbocycles. The highest BCUT2D eigenvalue weighted by molar-refractivity contribution is 14.0. The predicted molar refractivity (Wildman–Crippen MR) is 141 cm³/mol. The van der Waals surface area contributed by atoms with Crippen molar-refractivity contribution in [3.05, 3.63) is 65.2 Å². The summed E-state index contributed by atoms with van der Waals surface area (Å²) in [5.74, 6) is 0.746. The van der Waals surface area contributed by atoms with E-state index in [2.05, 4.69) is 33.1 Å². The van der Waals surface area contributed by atoms with Gasteiger partial charge in [0, 0.05) is 32.9 Å². The molecule has 0 aliphatic carbocycles. The maximum absolute atomic E-state index is 11.8. The molecule has 176 valence electrons. The Labute approximate surface area is 208 Å². The summed E-state index contributed by atoms with van der Waals surface area (Å²) < 4.78 is 10.5. The van der Waals surface area contributed by atoms with Crippen molar-refractivity contribution in [1.82, 2.24) is 10.6 Å². The average molecular weight is 554 g/mol. The fourth-order valence-electron chi connectivity index (χ4n) is 2.93. The number of carbonyl (C=O) groups excluding carboxylic acids is 1. The van der Waals surface area contributed by atoms with E-state index in [9.17, 15) is 4.79 Å². The number of anilines is 1. The van der Waals surface area contributed by atoms with E-state index in [4.69, 9.17) is 9.47 Å². The Bertz CT molecular complexity index is 864. The summed E-state index contributed by atoms with van der Waals surface area (Å²) in [6.45, 7) is 7.50. The van der Waals surface area contributed by atoms with Crippen molar-refractivity contribution < 1.29 is 14.3 Å². The van der Waals surface area contributed by atoms with Gasteiger partial charge >= 0.3 is 6.09 Å². The number of carbonyl (C=O) groups is 1. The van der Waals surface area contributed by atoms with Crippen LogP contribution in [0.15, 0.2) is 53.5 Å². The van der Waals surface area contributed by atoms with E-state index >= 15 is 0 Å². The first-order chi connectivity index (χ1) is 14.8. The summed E-state index contributed by atoms with van der Waals surface area (Å²) in [5, 5.41) is 9.41. The van der Waals surface area contributed by atoms with Gasteiger partial charge in [-0.25, -0.2) is 4.79 Å². The number of benzene rings is 2. The Balaban J connectivity index is 0.00000512. The number of rotatable bonds is 8. The van der Waals surface area contributed by atoms with E-state index in [0.29, 0.717) is 18.8 Å². The van der Waals surface area contributed by atoms with Gasteiger partial charge in [0.15, 0.2) is 5.96 Å². The molecule has 2 aromatic rings. The van der Waals surface area contributed by atoms with Crippen LogP contribution in [0.25, 0.3) is 0 Å². The van der Waals surface area contributed by atoms with Crippen LogP contribution in [-0.2, 0) is 29.0 Å². The van der Waals surface area contributed by atoms with Crippen LogP contribution < -0.4 is 16.0 Å². The monoisotopic (exact) mass is 554 g/mol. The lowest BCUT2D eigenvalue weighted by Crippen LogP contribution is -2.38. The van der Waals surface area contributed by atoms with Crippen molar-refractivity contribution in [3.8, 4) is 0 Å². The maximum Gasteiger partial charge on any atom is 0.412 e. The van der Waals surface area contributed by atoms with Gasteiger partial charge in [0.25, 0.3) is 0 Å². The topological polar surface area (TPSA) is 84.0 Å². The standard InChI is InChI=1S/C24H34N4O3.HI/c1-24(2,3)31-23(29)28-21-12-10-18(11-13-21)14-15-26-22(25-4)27-16-19-8-6-7-9-20(19)17-30-5;/h6-13H,14-17H2,1-5H3,(H,28,29)(H2,25,26,27);1H. The number of guanidine groups is 1. The highest BCUT2D eigenvalue weighted by Gasteiger charge is 2.16. The van der Waals surface area contributed by atoms with Gasteiger partial charge in [-0.1, -0.05) is 36.4 Å². The molecule has 2 aromatic carbocycles. The Morgan fingerprint density at radius 2 is 1.66 bits per heavy atom. The van der Waals surface area contributed by atoms with Crippen LogP contribution in [0.1, 0.15) is 37.5 Å². The van der Waals surface area contributed by atoms with Crippen LogP contribution in [0.2, 0.25) is 0 Å². The molecule has 0 atom stereocenters. The zero-order valence-electron chi connectivity index (χ0n) is 19.5. The summed E-state index contributed by atoms with van der Waals surface area (Å²) in [6.07, 6.45) is 0.372. The van der Waals surface area contributed by atoms with Crippen molar-refractivity contribution in [2.75, 3.05) is 26.0 Å². The van der Waals surface area contributed by atoms with Crippen LogP contribution in [0.5, 0.6) is 0 Å². The number of methoxy groups -OCH3 is 1. The molecule has 0 spiro atoms. The number of nitrogens with one attached hydrogen (secondary N) is 3. The molecule has 0 aliphatic heterocycles. The van der Waals surface area contributed by atoms with Crippen LogP contribution in [0, 0.1) is 0 Å². The fraction of sp³-hybridized carbons (Fsp3) is 0.417. The fourth-order valence-corrected chi connectivity index (χ4v) is 2.93. The van der Waals surface area contributed by atoms with Gasteiger partial charge in [-0.05, 0) is 56.0 Å². The second kappa shape index (κ2) is 13.9. The minimum atomic E-state index is -0.520. The van der Waals surface area contributed by atoms with Crippen molar-refractivity contribution in [2.45, 2.75) is 45.9 Å². The van der Waals surface area contributed by atoms with Crippen molar-refractivity contribution in [1.29, 1.82) is 0 Å². The summed E-state index contributed by atoms with van der Waals surface area (Å²) in [6, 6.07) is 15.9. The van der Waals surface area contributed by atoms with Crippen LogP contribution in [0.3, 0.4) is 0 Å². The van der Waals surface area contributed by atoms with Gasteiger partial charge < -0.3 is 20.1 Å². The number of amides is 1. The molecular weight excluding hydrogens is 519 g/mol. The number of aliphatic imine (C=N–C) groups is 1. The highest BCUT2D eigenvalue weighted by atomic mass is 127. The molecule has 1 amide bonds. The van der Waals surface area contributed by atoms with Gasteiger partial charge in [-0.2, -0.15) is 0 Å². The lowest BCUT2D eigenvalue weighted by atomic mass is 10.1. The molecule has 7 nitrogen and oxygen atoms in total. The summed E-state index contributed by atoms with van der Waals surface area (Å²) in [4.78, 5) is 16.1. The van der Waals surface area contributed by atoms with E-state index in [1.807, 2.05) is 57.2 Å². The smallest absolute Gasteiger partial charge is 0.412 e. The van der Waals surface area contributed by atoms with Gasteiger partial charge in [0.05, 0.1) is 6.61 Å². The van der Waals surface area contributed by atoms with Crippen molar-refractivity contribution in [2.24, 2.45) is 4.99 Å². The summed E-state index contributed by atoms with van der Waals surface area (Å²) >= 11 is 0. The molecule has 2 rings (SSSR count). The molecule has 0 aromatic heterocycles. The predicted octanol–water partition coefficient (Wildman–Crippen LogP) is 4.71. The molecule has 32 heavy (non-hydrogen) atoms. The number of ether oxygens (including phenoxy) is 2. The Kier molecular flexibility index (Phi) is 12.1. The van der Waals surface area contributed by atoms with Crippen molar-refractivity contribution in [3.63, 3.8) is 0 Å². The van der Waals surface area contributed by atoms with Crippen LogP contribution in [-0.4, -0.2) is 38.4 Å². The van der Waals surface area contributed by atoms with E-state index < -0.39 is 11.7 Å². The van der Waals surface area contributed by atoms with E-state index in [1.165, 1.54) is 5.56 Å². The number of hydrogen-bond acceptors (Lipinski definition) is 4. The number of hydrogen-bond donors (Lipinski definition) is 3. The number of nitrogens with zero attached hydrogens (tertiary/aromatic N) is 1. The van der Waals surface area contributed by atoms with Crippen LogP contribution in [0.4, 0.5) is 10.5 Å². The van der Waals surface area contributed by atoms with Gasteiger partial charge in [0.2, 0.25) is 0 Å². The zero-order chi connectivity index (χ0) is 22.7. The SMILES string of the molecule is CN=C(NCCc1ccc(NC(=O)OC(C)(C)C)cc1)NCc1ccccc1COC.I. The second-order valence-corrected chi connectivity index (χ2v) is 8.13. The highest BCUT2D eigenvalue weighted by Crippen LogP contribution is 2.13. The van der Waals surface area contributed by atoms with Gasteiger partial charge in [-0.15, -0.1) is 24.0 Å². The first-order valence-corrected chi connectivity index (χ1v) is 10.4. The quantitative estimate of drug-likeness (QED) is 0.250. The molecule has 0 aliphatic rings. The summed E-state index contributed by atoms with van der Waals surface area (Å²) in [5.41, 5.74) is 3.68. The Hall–Kier alpha value is -2.33. The van der Waals surface area contributed by atoms with E-state index in [0.717, 1.165) is 30.1 Å². The number of halogens is 1. The van der Waals surface area contributed by atoms with Gasteiger partial charge in [0.1, 0.15) is 5.60 Å². The third-order valence-corrected chi connectivity index (χ3v) is 4.39. The molecule has 0 radical (unpaired) electrons. The van der Waals surface area contributed by atoms with Crippen molar-refractivity contribution >= 4 is 41.7 Å². The first kappa shape index (κ1) is 27.7. The molecule has 0 heterocycles. The molecule has 0 saturated heterocycles. The third kappa shape index (κ3) is 10.3. The molecular formula is C24H35IN4O3. The molecule has 3 N–H and O–H groups in total. The molecule has 0 bridgehead atoms. The zero-order valence-corrected chi connectivity index (χ0v) is 21.9. The van der Waals surface area contributed by atoms with E-state index in [-0.39, 0.29) is 24.0 Å². The first-order valence-electron chi connectivity index (χ1n) is 10.4.